The number of amides is 2. The highest BCUT2D eigenvalue weighted by molar-refractivity contribution is 6.03. The van der Waals surface area contributed by atoms with E-state index in [1.54, 1.807) is 0 Å². The van der Waals surface area contributed by atoms with Crippen molar-refractivity contribution in [3.63, 3.8) is 0 Å². The van der Waals surface area contributed by atoms with E-state index in [1.165, 1.54) is 0 Å². The fourth-order valence-corrected chi connectivity index (χ4v) is 3.12. The molecule has 0 aromatic rings. The Morgan fingerprint density at radius 1 is 1.00 bits per heavy atom. The topological polar surface area (TPSA) is 93.8 Å². The number of nitrogens with one attached hydrogen (secondary N) is 1. The van der Waals surface area contributed by atoms with Crippen molar-refractivity contribution in [2.45, 2.75) is 32.1 Å². The number of piperidine rings is 1. The van der Waals surface area contributed by atoms with Gasteiger partial charge in [0, 0.05) is 5.41 Å². The van der Waals surface area contributed by atoms with E-state index in [4.69, 9.17) is 10.5 Å². The van der Waals surface area contributed by atoms with Crippen LogP contribution in [-0.2, 0) is 9.59 Å². The zero-order valence-electron chi connectivity index (χ0n) is 9.40. The molecule has 1 saturated heterocycles. The van der Waals surface area contributed by atoms with E-state index in [0.717, 1.165) is 19.3 Å². The molecule has 0 unspecified atom stereocenters. The van der Waals surface area contributed by atoms with Gasteiger partial charge in [0.05, 0.1) is 12.1 Å². The minimum Gasteiger partial charge on any atom is -0.294 e. The van der Waals surface area contributed by atoms with Crippen molar-refractivity contribution in [3.8, 4) is 12.1 Å². The van der Waals surface area contributed by atoms with Crippen molar-refractivity contribution in [2.24, 2.45) is 17.3 Å². The zero-order valence-corrected chi connectivity index (χ0v) is 9.40. The number of hydrogen-bond donors (Lipinski definition) is 1. The summed E-state index contributed by atoms with van der Waals surface area (Å²) in [7, 11) is 0. The second-order valence-corrected chi connectivity index (χ2v) is 4.77. The molecule has 5 heteroatoms. The summed E-state index contributed by atoms with van der Waals surface area (Å²) in [6.07, 6.45) is 4.01. The van der Waals surface area contributed by atoms with Crippen molar-refractivity contribution in [3.05, 3.63) is 0 Å². The molecule has 0 aromatic heterocycles. The first kappa shape index (κ1) is 11.6. The molecule has 1 aliphatic heterocycles. The summed E-state index contributed by atoms with van der Waals surface area (Å²) in [5.74, 6) is -2.81. The van der Waals surface area contributed by atoms with Gasteiger partial charge in [-0.2, -0.15) is 10.5 Å². The second kappa shape index (κ2) is 4.18. The molecule has 2 fully saturated rings. The second-order valence-electron chi connectivity index (χ2n) is 4.77. The van der Waals surface area contributed by atoms with Crippen molar-refractivity contribution in [1.82, 2.24) is 5.32 Å². The van der Waals surface area contributed by atoms with Crippen LogP contribution in [0, 0.1) is 39.9 Å². The van der Waals surface area contributed by atoms with Gasteiger partial charge in [0.2, 0.25) is 11.8 Å². The molecule has 17 heavy (non-hydrogen) atoms. The minimum atomic E-state index is -0.870. The Morgan fingerprint density at radius 2 is 1.47 bits per heavy atom. The molecule has 1 aliphatic carbocycles. The molecule has 0 radical (unpaired) electrons. The molecule has 1 saturated carbocycles. The normalized spacial score (nSPS) is 31.4. The summed E-state index contributed by atoms with van der Waals surface area (Å²) in [6.45, 7) is 0. The van der Waals surface area contributed by atoms with E-state index in [-0.39, 0.29) is 0 Å². The van der Waals surface area contributed by atoms with Gasteiger partial charge >= 0.3 is 0 Å². The van der Waals surface area contributed by atoms with Crippen LogP contribution >= 0.6 is 0 Å². The Bertz CT molecular complexity index is 404. The summed E-state index contributed by atoms with van der Waals surface area (Å²) < 4.78 is 0. The van der Waals surface area contributed by atoms with Crippen LogP contribution < -0.4 is 5.32 Å². The van der Waals surface area contributed by atoms with Crippen LogP contribution in [0.1, 0.15) is 32.1 Å². The maximum atomic E-state index is 11.7. The molecule has 5 nitrogen and oxygen atoms in total. The van der Waals surface area contributed by atoms with Crippen LogP contribution in [-0.4, -0.2) is 11.8 Å². The van der Waals surface area contributed by atoms with Gasteiger partial charge in [0.15, 0.2) is 0 Å². The molecule has 2 amide bonds. The molecule has 0 aromatic carbocycles. The SMILES string of the molecule is N#C[C@@H]1C(=O)NC(=O)[C@H](C#N)C12CCCCC2. The van der Waals surface area contributed by atoms with E-state index in [9.17, 15) is 9.59 Å². The Balaban J connectivity index is 2.46. The van der Waals surface area contributed by atoms with Gasteiger partial charge < -0.3 is 0 Å². The Labute approximate surface area is 99.4 Å². The van der Waals surface area contributed by atoms with E-state index in [0.29, 0.717) is 12.8 Å². The molecule has 2 aliphatic rings. The first-order valence-electron chi connectivity index (χ1n) is 5.79. The highest BCUT2D eigenvalue weighted by atomic mass is 16.2. The van der Waals surface area contributed by atoms with E-state index >= 15 is 0 Å². The van der Waals surface area contributed by atoms with Crippen molar-refractivity contribution in [2.75, 3.05) is 0 Å². The third-order valence-electron chi connectivity index (χ3n) is 3.96. The summed E-state index contributed by atoms with van der Waals surface area (Å²) in [6, 6.07) is 3.97. The van der Waals surface area contributed by atoms with Gasteiger partial charge in [-0.05, 0) is 12.8 Å². The van der Waals surface area contributed by atoms with E-state index in [1.807, 2.05) is 12.1 Å². The summed E-state index contributed by atoms with van der Waals surface area (Å²) in [4.78, 5) is 23.4. The predicted octanol–water partition coefficient (Wildman–Crippen LogP) is 0.873. The van der Waals surface area contributed by atoms with Crippen molar-refractivity contribution >= 4 is 11.8 Å². The van der Waals surface area contributed by atoms with Crippen LogP contribution in [0.25, 0.3) is 0 Å². The lowest BCUT2D eigenvalue weighted by Crippen LogP contribution is -2.58. The molecule has 2 rings (SSSR count). The van der Waals surface area contributed by atoms with Crippen LogP contribution in [0.2, 0.25) is 0 Å². The van der Waals surface area contributed by atoms with Crippen LogP contribution in [0.5, 0.6) is 0 Å². The monoisotopic (exact) mass is 231 g/mol. The number of hydrogen-bond acceptors (Lipinski definition) is 4. The highest BCUT2D eigenvalue weighted by Crippen LogP contribution is 2.50. The molecule has 0 bridgehead atoms. The van der Waals surface area contributed by atoms with Gasteiger partial charge in [0.25, 0.3) is 0 Å². The number of imide groups is 1. The summed E-state index contributed by atoms with van der Waals surface area (Å²) >= 11 is 0. The highest BCUT2D eigenvalue weighted by Gasteiger charge is 2.56. The van der Waals surface area contributed by atoms with Gasteiger partial charge in [0.1, 0.15) is 11.8 Å². The Morgan fingerprint density at radius 3 is 1.88 bits per heavy atom. The third-order valence-corrected chi connectivity index (χ3v) is 3.96. The van der Waals surface area contributed by atoms with Crippen LogP contribution in [0.4, 0.5) is 0 Å². The standard InChI is InChI=1S/C12H13N3O2/c13-6-8-10(16)15-11(17)9(7-14)12(8)4-2-1-3-5-12/h8-9H,1-5H2,(H,15,16,17)/t8-,9+. The van der Waals surface area contributed by atoms with Crippen molar-refractivity contribution in [1.29, 1.82) is 10.5 Å². The third kappa shape index (κ3) is 1.59. The van der Waals surface area contributed by atoms with Crippen LogP contribution in [0.15, 0.2) is 0 Å². The molecule has 2 atom stereocenters. The predicted molar refractivity (Wildman–Crippen MR) is 56.9 cm³/mol. The smallest absolute Gasteiger partial charge is 0.244 e. The quantitative estimate of drug-likeness (QED) is 0.626. The molecular formula is C12H13N3O2. The minimum absolute atomic E-state index is 0.536. The Kier molecular flexibility index (Phi) is 2.85. The Hall–Kier alpha value is -1.88. The van der Waals surface area contributed by atoms with Gasteiger partial charge in [-0.3, -0.25) is 14.9 Å². The van der Waals surface area contributed by atoms with E-state index in [2.05, 4.69) is 5.32 Å². The lowest BCUT2D eigenvalue weighted by atomic mass is 9.57. The number of nitrogens with zero attached hydrogens (tertiary/aromatic N) is 2. The average molecular weight is 231 g/mol. The fourth-order valence-electron chi connectivity index (χ4n) is 3.12. The lowest BCUT2D eigenvalue weighted by molar-refractivity contribution is -0.146. The molecular weight excluding hydrogens is 218 g/mol. The van der Waals surface area contributed by atoms with Gasteiger partial charge in [-0.1, -0.05) is 19.3 Å². The molecule has 1 heterocycles. The van der Waals surface area contributed by atoms with Crippen LogP contribution in [0.3, 0.4) is 0 Å². The first-order chi connectivity index (χ1) is 8.15. The maximum absolute atomic E-state index is 11.7. The molecule has 1 spiro atoms. The molecule has 88 valence electrons. The molecule has 1 N–H and O–H groups in total. The number of carbonyl (C=O) groups excluding carboxylic acids is 2. The van der Waals surface area contributed by atoms with Gasteiger partial charge in [-0.25, -0.2) is 0 Å². The number of nitriles is 2. The fraction of sp³-hybridized carbons (Fsp3) is 0.667. The zero-order chi connectivity index (χ0) is 12.5. The average Bonchev–Trinajstić information content (AvgIpc) is 2.30. The number of carbonyl (C=O) groups is 2. The number of rotatable bonds is 0. The first-order valence-corrected chi connectivity index (χ1v) is 5.79. The van der Waals surface area contributed by atoms with E-state index < -0.39 is 29.1 Å². The summed E-state index contributed by atoms with van der Waals surface area (Å²) in [5.41, 5.74) is -0.749. The lowest BCUT2D eigenvalue weighted by Gasteiger charge is -2.44. The summed E-state index contributed by atoms with van der Waals surface area (Å²) in [5, 5.41) is 20.4. The maximum Gasteiger partial charge on any atom is 0.244 e. The van der Waals surface area contributed by atoms with Crippen molar-refractivity contribution < 1.29 is 9.59 Å². The largest absolute Gasteiger partial charge is 0.294 e. The van der Waals surface area contributed by atoms with Gasteiger partial charge in [-0.15, -0.1) is 0 Å².